The van der Waals surface area contributed by atoms with Crippen molar-refractivity contribution in [3.8, 4) is 22.5 Å². The number of carbonyl (C=O) groups excluding carboxylic acids is 4. The Morgan fingerprint density at radius 2 is 1.87 bits per heavy atom. The number of carbonyl (C=O) groups is 4. The van der Waals surface area contributed by atoms with Crippen molar-refractivity contribution in [2.75, 3.05) is 13.1 Å². The predicted octanol–water partition coefficient (Wildman–Crippen LogP) is 3.99. The first-order valence-electron chi connectivity index (χ1n) is 17.8. The number of halogens is 1. The molecule has 5 heterocycles. The largest absolute Gasteiger partial charge is 0.374 e. The maximum absolute atomic E-state index is 15.2. The van der Waals surface area contributed by atoms with E-state index in [1.165, 1.54) is 24.3 Å². The lowest BCUT2D eigenvalue weighted by Crippen LogP contribution is -2.54. The van der Waals surface area contributed by atoms with Gasteiger partial charge in [-0.05, 0) is 42.5 Å². The van der Waals surface area contributed by atoms with Gasteiger partial charge in [0, 0.05) is 67.4 Å². The van der Waals surface area contributed by atoms with Crippen molar-refractivity contribution in [1.82, 2.24) is 40.4 Å². The predicted molar refractivity (Wildman–Crippen MR) is 199 cm³/mol. The van der Waals surface area contributed by atoms with Crippen molar-refractivity contribution in [3.63, 3.8) is 0 Å². The number of aliphatic hydroxyl groups excluding tert-OH is 1. The number of hydrogen-bond donors (Lipinski definition) is 4. The molecule has 2 unspecified atom stereocenters. The molecule has 276 valence electrons. The molecule has 2 atom stereocenters. The summed E-state index contributed by atoms with van der Waals surface area (Å²) in [5.74, 6) is -1.43. The molecule has 4 N–H and O–H groups in total. The third-order valence-electron chi connectivity index (χ3n) is 9.77. The first-order valence-corrected chi connectivity index (χ1v) is 17.8. The third-order valence-corrected chi connectivity index (χ3v) is 9.77. The summed E-state index contributed by atoms with van der Waals surface area (Å²) in [5.41, 5.74) is 4.34. The monoisotopic (exact) mass is 730 g/mol. The van der Waals surface area contributed by atoms with Gasteiger partial charge in [0.15, 0.2) is 0 Å². The van der Waals surface area contributed by atoms with E-state index in [4.69, 9.17) is 9.97 Å². The highest BCUT2D eigenvalue weighted by Crippen LogP contribution is 2.34. The zero-order valence-corrected chi connectivity index (χ0v) is 29.8. The van der Waals surface area contributed by atoms with E-state index in [0.717, 1.165) is 45.5 Å². The molecule has 5 aromatic rings. The quantitative estimate of drug-likeness (QED) is 0.176. The number of hydrogen-bond acceptors (Lipinski definition) is 8. The summed E-state index contributed by atoms with van der Waals surface area (Å²) < 4.78 is 17.4. The van der Waals surface area contributed by atoms with Crippen LogP contribution in [0.2, 0.25) is 0 Å². The van der Waals surface area contributed by atoms with E-state index in [2.05, 4.69) is 32.4 Å². The number of benzene rings is 2. The van der Waals surface area contributed by atoms with Gasteiger partial charge in [0.1, 0.15) is 29.6 Å². The minimum atomic E-state index is -0.965. The minimum absolute atomic E-state index is 0.0420. The number of aromatic nitrogens is 4. The fourth-order valence-corrected chi connectivity index (χ4v) is 6.86. The molecule has 1 fully saturated rings. The average molecular weight is 731 g/mol. The van der Waals surface area contributed by atoms with Gasteiger partial charge >= 0.3 is 0 Å². The number of nitrogens with one attached hydrogen (secondary N) is 3. The topological polar surface area (TPSA) is 171 Å². The minimum Gasteiger partial charge on any atom is -0.374 e. The first kappa shape index (κ1) is 36.1. The lowest BCUT2D eigenvalue weighted by Gasteiger charge is -2.28. The second-order valence-electron chi connectivity index (χ2n) is 13.2. The molecule has 4 amide bonds. The van der Waals surface area contributed by atoms with E-state index in [1.807, 2.05) is 35.4 Å². The Labute approximate surface area is 310 Å². The Kier molecular flexibility index (Phi) is 10.3. The van der Waals surface area contributed by atoms with Crippen LogP contribution in [0.1, 0.15) is 64.6 Å². The number of piperidine rings is 1. The van der Waals surface area contributed by atoms with Crippen LogP contribution < -0.4 is 16.0 Å². The molecule has 13 nitrogen and oxygen atoms in total. The van der Waals surface area contributed by atoms with Gasteiger partial charge in [-0.1, -0.05) is 49.4 Å². The van der Waals surface area contributed by atoms with Crippen LogP contribution in [0.25, 0.3) is 39.4 Å². The second-order valence-corrected chi connectivity index (χ2v) is 13.2. The van der Waals surface area contributed by atoms with Gasteiger partial charge in [-0.2, -0.15) is 0 Å². The molecular formula is C40H39FN8O5. The molecule has 0 bridgehead atoms. The van der Waals surface area contributed by atoms with Crippen molar-refractivity contribution >= 4 is 40.5 Å². The number of rotatable bonds is 9. The molecule has 54 heavy (non-hydrogen) atoms. The van der Waals surface area contributed by atoms with E-state index in [0.29, 0.717) is 25.3 Å². The number of fused-ring (bicyclic) bond motifs is 2. The fraction of sp³-hybridized carbons (Fsp3) is 0.275. The Morgan fingerprint density at radius 3 is 2.63 bits per heavy atom. The van der Waals surface area contributed by atoms with Gasteiger partial charge < -0.3 is 30.5 Å². The average Bonchev–Trinajstić information content (AvgIpc) is 3.55. The highest BCUT2D eigenvalue weighted by Gasteiger charge is 2.29. The van der Waals surface area contributed by atoms with Crippen molar-refractivity contribution < 1.29 is 28.7 Å². The molecule has 1 saturated heterocycles. The molecule has 3 aromatic heterocycles. The molecule has 0 radical (unpaired) electrons. The lowest BCUT2D eigenvalue weighted by molar-refractivity contribution is -0.130. The van der Waals surface area contributed by atoms with Gasteiger partial charge in [0.05, 0.1) is 29.2 Å². The lowest BCUT2D eigenvalue weighted by atomic mass is 10.0. The van der Waals surface area contributed by atoms with Gasteiger partial charge in [0.25, 0.3) is 11.8 Å². The molecule has 0 aliphatic carbocycles. The fourth-order valence-electron chi connectivity index (χ4n) is 6.86. The van der Waals surface area contributed by atoms with E-state index < -0.39 is 35.8 Å². The second kappa shape index (κ2) is 15.4. The highest BCUT2D eigenvalue weighted by molar-refractivity contribution is 5.99. The maximum atomic E-state index is 15.2. The van der Waals surface area contributed by atoms with Crippen LogP contribution in [0.5, 0.6) is 0 Å². The summed E-state index contributed by atoms with van der Waals surface area (Å²) in [6.45, 7) is 5.63. The van der Waals surface area contributed by atoms with Gasteiger partial charge in [0.2, 0.25) is 11.8 Å². The number of imidazole rings is 1. The van der Waals surface area contributed by atoms with Crippen molar-refractivity contribution in [2.45, 2.75) is 58.5 Å². The van der Waals surface area contributed by atoms with Crippen molar-refractivity contribution in [2.24, 2.45) is 0 Å². The Morgan fingerprint density at radius 1 is 1.04 bits per heavy atom. The van der Waals surface area contributed by atoms with E-state index in [1.54, 1.807) is 31.3 Å². The number of nitrogens with zero attached hydrogens (tertiary/aromatic N) is 5. The maximum Gasteiger partial charge on any atom is 0.270 e. The summed E-state index contributed by atoms with van der Waals surface area (Å²) in [6.07, 6.45) is 6.74. The van der Waals surface area contributed by atoms with Gasteiger partial charge in [-0.15, -0.1) is 0 Å². The van der Waals surface area contributed by atoms with E-state index >= 15 is 4.39 Å². The van der Waals surface area contributed by atoms with E-state index in [-0.39, 0.29) is 42.1 Å². The van der Waals surface area contributed by atoms with Crippen molar-refractivity contribution in [3.05, 3.63) is 107 Å². The molecule has 0 spiro atoms. The summed E-state index contributed by atoms with van der Waals surface area (Å²) in [7, 11) is 0. The van der Waals surface area contributed by atoms with Crippen molar-refractivity contribution in [1.29, 1.82) is 0 Å². The van der Waals surface area contributed by atoms with Crippen LogP contribution in [0.3, 0.4) is 0 Å². The van der Waals surface area contributed by atoms with Crippen LogP contribution in [0, 0.1) is 5.82 Å². The Hall–Kier alpha value is -6.28. The zero-order valence-electron chi connectivity index (χ0n) is 29.8. The van der Waals surface area contributed by atoms with Gasteiger partial charge in [-0.25, -0.2) is 9.37 Å². The third kappa shape index (κ3) is 7.33. The standard InChI is InChI=1S/C40H39FN8O5/c1-3-34-46-37(33-22-48(23(2)50)17-18-49(33)34)27-10-5-8-25-19-32(44-21-29(25)27)26-12-13-30(43-20-26)39(53)42-16-6-9-24-7-4-11-28(36(24)41)38(52)45-31-14-15-35(51)47-40(31)54/h4-13,19-21,31,35,51H,3,14-18,22H2,1-2H3,(H,42,53)(H,45,52)(H,47,54)/b9-6+. The number of amides is 4. The Balaban J connectivity index is 0.998. The summed E-state index contributed by atoms with van der Waals surface area (Å²) in [6, 6.07) is 14.8. The SMILES string of the molecule is CCc1nc(-c2cccc3cc(-c4ccc(C(=O)NC/C=C/c5cccc(C(=O)NC6CCC(O)NC6=O)c5F)nc4)ncc23)c2n1CCN(C(C)=O)C2. The van der Waals surface area contributed by atoms with Crippen LogP contribution >= 0.6 is 0 Å². The van der Waals surface area contributed by atoms with Crippen LogP contribution in [0.15, 0.2) is 73.1 Å². The smallest absolute Gasteiger partial charge is 0.270 e. The highest BCUT2D eigenvalue weighted by atomic mass is 19.1. The molecule has 2 aliphatic rings. The summed E-state index contributed by atoms with van der Waals surface area (Å²) in [4.78, 5) is 65.8. The first-order chi connectivity index (χ1) is 26.1. The Bertz CT molecular complexity index is 2300. The zero-order chi connectivity index (χ0) is 37.9. The van der Waals surface area contributed by atoms with Crippen LogP contribution in [-0.2, 0) is 29.1 Å². The number of aryl methyl sites for hydroxylation is 1. The molecule has 7 rings (SSSR count). The molecule has 2 aliphatic heterocycles. The van der Waals surface area contributed by atoms with Crippen LogP contribution in [0.4, 0.5) is 4.39 Å². The normalized spacial score (nSPS) is 17.0. The van der Waals surface area contributed by atoms with Crippen LogP contribution in [-0.4, -0.2) is 78.5 Å². The molecule has 2 aromatic carbocycles. The summed E-state index contributed by atoms with van der Waals surface area (Å²) >= 11 is 0. The number of aliphatic hydroxyl groups is 1. The molecular weight excluding hydrogens is 691 g/mol. The molecule has 14 heteroatoms. The van der Waals surface area contributed by atoms with E-state index in [9.17, 15) is 24.3 Å². The number of pyridine rings is 2. The summed E-state index contributed by atoms with van der Waals surface area (Å²) in [5, 5.41) is 19.0. The van der Waals surface area contributed by atoms with Gasteiger partial charge in [-0.3, -0.25) is 29.1 Å². The molecule has 0 saturated carbocycles.